The van der Waals surface area contributed by atoms with E-state index in [9.17, 15) is 9.90 Å². The Bertz CT molecular complexity index is 621. The second-order valence-electron chi connectivity index (χ2n) is 5.33. The topological polar surface area (TPSA) is 71.2 Å². The van der Waals surface area contributed by atoms with Crippen molar-refractivity contribution in [2.45, 2.75) is 18.9 Å². The van der Waals surface area contributed by atoms with E-state index in [2.05, 4.69) is 10.2 Å². The number of para-hydroxylation sites is 1. The predicted octanol–water partition coefficient (Wildman–Crippen LogP) is 0.864. The monoisotopic (exact) mass is 272 g/mol. The molecule has 1 saturated heterocycles. The lowest BCUT2D eigenvalue weighted by Gasteiger charge is -2.17. The van der Waals surface area contributed by atoms with Gasteiger partial charge in [0.1, 0.15) is 0 Å². The quantitative estimate of drug-likeness (QED) is 0.880. The maximum absolute atomic E-state index is 12.3. The third kappa shape index (κ3) is 2.42. The number of β-amino-alcohol motifs (C(OH)–C–C–N with tert-alkyl or cyclic N) is 1. The van der Waals surface area contributed by atoms with Crippen LogP contribution in [0.1, 0.15) is 23.8 Å². The van der Waals surface area contributed by atoms with Crippen molar-refractivity contribution in [3.8, 4) is 5.69 Å². The molecule has 1 aromatic heterocycles. The Morgan fingerprint density at radius 2 is 2.10 bits per heavy atom. The average molecular weight is 272 g/mol. The molecule has 0 bridgehead atoms. The van der Waals surface area contributed by atoms with Crippen LogP contribution in [0.25, 0.3) is 5.69 Å². The van der Waals surface area contributed by atoms with Gasteiger partial charge in [-0.15, -0.1) is 5.10 Å². The molecule has 1 aliphatic heterocycles. The van der Waals surface area contributed by atoms with E-state index in [1.165, 1.54) is 11.0 Å². The van der Waals surface area contributed by atoms with Crippen LogP contribution in [0.15, 0.2) is 36.5 Å². The molecule has 20 heavy (non-hydrogen) atoms. The lowest BCUT2D eigenvalue weighted by Crippen LogP contribution is -2.34. The van der Waals surface area contributed by atoms with E-state index in [0.29, 0.717) is 25.2 Å². The number of benzene rings is 1. The summed E-state index contributed by atoms with van der Waals surface area (Å²) in [5.74, 6) is -0.190. The van der Waals surface area contributed by atoms with Crippen LogP contribution < -0.4 is 0 Å². The van der Waals surface area contributed by atoms with Gasteiger partial charge in [-0.25, -0.2) is 0 Å². The van der Waals surface area contributed by atoms with Crippen LogP contribution in [-0.2, 0) is 0 Å². The third-order valence-electron chi connectivity index (χ3n) is 3.44. The standard InChI is InChI=1S/C14H16N4O2/c1-14(20)7-8-17(10-14)13(19)12-9-15-18(16-12)11-5-3-2-4-6-11/h2-6,9,20H,7-8,10H2,1H3. The molecule has 0 saturated carbocycles. The summed E-state index contributed by atoms with van der Waals surface area (Å²) in [5.41, 5.74) is 0.303. The van der Waals surface area contributed by atoms with E-state index >= 15 is 0 Å². The summed E-state index contributed by atoms with van der Waals surface area (Å²) in [6, 6.07) is 9.42. The highest BCUT2D eigenvalue weighted by Gasteiger charge is 2.35. The molecule has 6 nitrogen and oxygen atoms in total. The van der Waals surface area contributed by atoms with Gasteiger partial charge in [-0.05, 0) is 25.5 Å². The van der Waals surface area contributed by atoms with Crippen molar-refractivity contribution in [3.63, 3.8) is 0 Å². The first-order valence-corrected chi connectivity index (χ1v) is 6.55. The Morgan fingerprint density at radius 3 is 2.75 bits per heavy atom. The van der Waals surface area contributed by atoms with Gasteiger partial charge in [0.25, 0.3) is 5.91 Å². The van der Waals surface area contributed by atoms with Crippen LogP contribution in [0.5, 0.6) is 0 Å². The van der Waals surface area contributed by atoms with Crippen LogP contribution in [0.3, 0.4) is 0 Å². The maximum Gasteiger partial charge on any atom is 0.276 e. The molecule has 0 spiro atoms. The zero-order valence-electron chi connectivity index (χ0n) is 11.2. The molecule has 3 rings (SSSR count). The van der Waals surface area contributed by atoms with Crippen molar-refractivity contribution in [1.82, 2.24) is 19.9 Å². The van der Waals surface area contributed by atoms with Crippen molar-refractivity contribution in [3.05, 3.63) is 42.2 Å². The van der Waals surface area contributed by atoms with Gasteiger partial charge in [-0.3, -0.25) is 4.79 Å². The molecular formula is C14H16N4O2. The maximum atomic E-state index is 12.3. The van der Waals surface area contributed by atoms with Crippen LogP contribution in [-0.4, -0.2) is 49.6 Å². The molecule has 2 aromatic rings. The molecule has 104 valence electrons. The van der Waals surface area contributed by atoms with E-state index in [4.69, 9.17) is 0 Å². The zero-order chi connectivity index (χ0) is 14.2. The van der Waals surface area contributed by atoms with Gasteiger partial charge >= 0.3 is 0 Å². The van der Waals surface area contributed by atoms with Crippen LogP contribution in [0.4, 0.5) is 0 Å². The Hall–Kier alpha value is -2.21. The smallest absolute Gasteiger partial charge is 0.276 e. The molecule has 1 atom stereocenters. The summed E-state index contributed by atoms with van der Waals surface area (Å²) >= 11 is 0. The number of carbonyl (C=O) groups is 1. The molecule has 0 aliphatic carbocycles. The Morgan fingerprint density at radius 1 is 1.35 bits per heavy atom. The number of carbonyl (C=O) groups excluding carboxylic acids is 1. The zero-order valence-corrected chi connectivity index (χ0v) is 11.2. The van der Waals surface area contributed by atoms with Crippen molar-refractivity contribution >= 4 is 5.91 Å². The Balaban J connectivity index is 1.79. The molecule has 1 aliphatic rings. The number of hydrogen-bond acceptors (Lipinski definition) is 4. The van der Waals surface area contributed by atoms with Gasteiger partial charge in [-0.1, -0.05) is 18.2 Å². The minimum atomic E-state index is -0.801. The molecule has 1 N–H and O–H groups in total. The van der Waals surface area contributed by atoms with Crippen molar-refractivity contribution < 1.29 is 9.90 Å². The lowest BCUT2D eigenvalue weighted by molar-refractivity contribution is 0.0568. The van der Waals surface area contributed by atoms with Gasteiger partial charge in [0.05, 0.1) is 17.5 Å². The fourth-order valence-electron chi connectivity index (χ4n) is 2.33. The highest BCUT2D eigenvalue weighted by molar-refractivity contribution is 5.92. The molecule has 1 aromatic carbocycles. The van der Waals surface area contributed by atoms with E-state index in [0.717, 1.165) is 5.69 Å². The number of rotatable bonds is 2. The normalized spacial score (nSPS) is 22.2. The lowest BCUT2D eigenvalue weighted by atomic mass is 10.1. The number of aromatic nitrogens is 3. The Kier molecular flexibility index (Phi) is 3.02. The summed E-state index contributed by atoms with van der Waals surface area (Å²) in [7, 11) is 0. The number of hydrogen-bond donors (Lipinski definition) is 1. The molecule has 0 radical (unpaired) electrons. The molecule has 1 unspecified atom stereocenters. The minimum absolute atomic E-state index is 0.190. The van der Waals surface area contributed by atoms with Crippen molar-refractivity contribution in [2.75, 3.05) is 13.1 Å². The van der Waals surface area contributed by atoms with Gasteiger partial charge < -0.3 is 10.0 Å². The summed E-state index contributed by atoms with van der Waals surface area (Å²) in [6.07, 6.45) is 2.05. The molecule has 2 heterocycles. The van der Waals surface area contributed by atoms with Gasteiger partial charge in [0, 0.05) is 13.1 Å². The fourth-order valence-corrected chi connectivity index (χ4v) is 2.33. The number of nitrogens with zero attached hydrogens (tertiary/aromatic N) is 4. The summed E-state index contributed by atoms with van der Waals surface area (Å²) < 4.78 is 0. The van der Waals surface area contributed by atoms with E-state index in [-0.39, 0.29) is 5.91 Å². The van der Waals surface area contributed by atoms with E-state index in [1.807, 2.05) is 30.3 Å². The summed E-state index contributed by atoms with van der Waals surface area (Å²) in [5, 5.41) is 18.2. The predicted molar refractivity (Wildman–Crippen MR) is 72.5 cm³/mol. The molecule has 1 fully saturated rings. The molecule has 6 heteroatoms. The molecular weight excluding hydrogens is 256 g/mol. The highest BCUT2D eigenvalue weighted by Crippen LogP contribution is 2.21. The van der Waals surface area contributed by atoms with Gasteiger partial charge in [0.2, 0.25) is 0 Å². The SMILES string of the molecule is CC1(O)CCN(C(=O)c2cnn(-c3ccccc3)n2)C1. The van der Waals surface area contributed by atoms with Gasteiger partial charge in [-0.2, -0.15) is 9.90 Å². The van der Waals surface area contributed by atoms with E-state index in [1.54, 1.807) is 11.8 Å². The molecule has 1 amide bonds. The van der Waals surface area contributed by atoms with E-state index < -0.39 is 5.60 Å². The first kappa shape index (κ1) is 12.8. The summed E-state index contributed by atoms with van der Waals surface area (Å²) in [6.45, 7) is 2.62. The second-order valence-corrected chi connectivity index (χ2v) is 5.33. The third-order valence-corrected chi connectivity index (χ3v) is 3.44. The largest absolute Gasteiger partial charge is 0.388 e. The number of amides is 1. The van der Waals surface area contributed by atoms with Crippen molar-refractivity contribution in [2.24, 2.45) is 0 Å². The fraction of sp³-hybridized carbons (Fsp3) is 0.357. The number of aliphatic hydroxyl groups is 1. The minimum Gasteiger partial charge on any atom is -0.388 e. The number of likely N-dealkylation sites (tertiary alicyclic amines) is 1. The first-order valence-electron chi connectivity index (χ1n) is 6.55. The van der Waals surface area contributed by atoms with Crippen LogP contribution in [0.2, 0.25) is 0 Å². The highest BCUT2D eigenvalue weighted by atomic mass is 16.3. The second kappa shape index (κ2) is 4.72. The van der Waals surface area contributed by atoms with Crippen LogP contribution in [0, 0.1) is 0 Å². The van der Waals surface area contributed by atoms with Gasteiger partial charge in [0.15, 0.2) is 5.69 Å². The average Bonchev–Trinajstić information content (AvgIpc) is 3.05. The van der Waals surface area contributed by atoms with Crippen molar-refractivity contribution in [1.29, 1.82) is 0 Å². The summed E-state index contributed by atoms with van der Waals surface area (Å²) in [4.78, 5) is 15.3. The van der Waals surface area contributed by atoms with Crippen LogP contribution >= 0.6 is 0 Å². The first-order chi connectivity index (χ1) is 9.55. The Labute approximate surface area is 116 Å².